The fourth-order valence-corrected chi connectivity index (χ4v) is 5.04. The number of benzene rings is 2. The lowest BCUT2D eigenvalue weighted by atomic mass is 9.94. The van der Waals surface area contributed by atoms with Gasteiger partial charge in [-0.3, -0.25) is 4.90 Å². The predicted molar refractivity (Wildman–Crippen MR) is 148 cm³/mol. The second-order valence-electron chi connectivity index (χ2n) is 9.17. The zero-order valence-electron chi connectivity index (χ0n) is 21.7. The minimum Gasteiger partial charge on any atom is -0.361 e. The topological polar surface area (TPSA) is 95.8 Å². The van der Waals surface area contributed by atoms with Crippen molar-refractivity contribution < 1.29 is 17.6 Å². The summed E-state index contributed by atoms with van der Waals surface area (Å²) in [5, 5.41) is 2.62. The van der Waals surface area contributed by atoms with E-state index in [-0.39, 0.29) is 23.2 Å². The van der Waals surface area contributed by atoms with Gasteiger partial charge in [0.25, 0.3) is 5.82 Å². The molecule has 200 valence electrons. The van der Waals surface area contributed by atoms with Crippen LogP contribution in [0.25, 0.3) is 16.0 Å². The molecule has 38 heavy (non-hydrogen) atoms. The van der Waals surface area contributed by atoms with Crippen LogP contribution in [0.5, 0.6) is 0 Å². The van der Waals surface area contributed by atoms with Crippen molar-refractivity contribution >= 4 is 27.6 Å². The molecule has 10 heteroatoms. The molecule has 3 aromatic rings. The van der Waals surface area contributed by atoms with Crippen LogP contribution >= 0.6 is 0 Å². The summed E-state index contributed by atoms with van der Waals surface area (Å²) < 4.78 is 41.9. The standard InChI is InChI=1S/C28H32FN5O3S/c1-5-34(19-21-10-7-6-8-11-21)14-9-15-38(36,37)33-28(35)32-27-24(20(2)3)17-23(29)18-25(27)22-12-13-31-26(16-22)30-4/h6-8,10-13,16-18,20H,5,9,14-15,19H2,1-3H3,(H2,32,33,35). The molecule has 0 radical (unpaired) electrons. The van der Waals surface area contributed by atoms with Crippen molar-refractivity contribution in [3.05, 3.63) is 89.2 Å². The summed E-state index contributed by atoms with van der Waals surface area (Å²) in [5.41, 5.74) is 2.71. The zero-order chi connectivity index (χ0) is 27.7. The molecular weight excluding hydrogens is 505 g/mol. The van der Waals surface area contributed by atoms with Crippen LogP contribution in [0.1, 0.15) is 44.2 Å². The highest BCUT2D eigenvalue weighted by molar-refractivity contribution is 7.90. The largest absolute Gasteiger partial charge is 0.361 e. The van der Waals surface area contributed by atoms with E-state index in [1.807, 2.05) is 51.1 Å². The van der Waals surface area contributed by atoms with Crippen molar-refractivity contribution in [3.63, 3.8) is 0 Å². The van der Waals surface area contributed by atoms with Crippen LogP contribution in [-0.4, -0.2) is 43.2 Å². The second-order valence-corrected chi connectivity index (χ2v) is 11.0. The Morgan fingerprint density at radius 1 is 1.16 bits per heavy atom. The van der Waals surface area contributed by atoms with Gasteiger partial charge in [-0.05, 0) is 66.4 Å². The summed E-state index contributed by atoms with van der Waals surface area (Å²) in [5.74, 6) is -0.801. The van der Waals surface area contributed by atoms with Crippen molar-refractivity contribution in [1.82, 2.24) is 14.6 Å². The third kappa shape index (κ3) is 8.10. The highest BCUT2D eigenvalue weighted by Gasteiger charge is 2.21. The van der Waals surface area contributed by atoms with E-state index in [2.05, 4.69) is 24.8 Å². The summed E-state index contributed by atoms with van der Waals surface area (Å²) in [6, 6.07) is 14.6. The van der Waals surface area contributed by atoms with E-state index in [1.54, 1.807) is 6.07 Å². The van der Waals surface area contributed by atoms with Gasteiger partial charge in [0.05, 0.1) is 11.4 Å². The number of carbonyl (C=O) groups is 1. The summed E-state index contributed by atoms with van der Waals surface area (Å²) >= 11 is 0. The van der Waals surface area contributed by atoms with Crippen molar-refractivity contribution in [2.24, 2.45) is 0 Å². The van der Waals surface area contributed by atoms with E-state index >= 15 is 0 Å². The van der Waals surface area contributed by atoms with Gasteiger partial charge in [-0.25, -0.2) is 22.3 Å². The number of pyridine rings is 1. The highest BCUT2D eigenvalue weighted by atomic mass is 32.2. The maximum Gasteiger partial charge on any atom is 0.332 e. The summed E-state index contributed by atoms with van der Waals surface area (Å²) in [4.78, 5) is 22.2. The van der Waals surface area contributed by atoms with Gasteiger partial charge in [0, 0.05) is 12.1 Å². The Balaban J connectivity index is 1.72. The van der Waals surface area contributed by atoms with Crippen LogP contribution in [0.4, 0.5) is 20.7 Å². The molecular formula is C28H32FN5O3S. The van der Waals surface area contributed by atoms with Gasteiger partial charge in [0.1, 0.15) is 12.0 Å². The zero-order valence-corrected chi connectivity index (χ0v) is 22.6. The van der Waals surface area contributed by atoms with Gasteiger partial charge in [-0.15, -0.1) is 4.98 Å². The maximum absolute atomic E-state index is 14.5. The van der Waals surface area contributed by atoms with Crippen LogP contribution in [0.3, 0.4) is 0 Å². The average Bonchev–Trinajstić information content (AvgIpc) is 2.88. The molecule has 3 rings (SSSR count). The van der Waals surface area contributed by atoms with Crippen molar-refractivity contribution in [2.75, 3.05) is 24.2 Å². The van der Waals surface area contributed by atoms with Crippen molar-refractivity contribution in [2.45, 2.75) is 39.7 Å². The number of carbonyl (C=O) groups excluding carboxylic acids is 1. The Morgan fingerprint density at radius 2 is 1.89 bits per heavy atom. The van der Waals surface area contributed by atoms with E-state index in [0.29, 0.717) is 36.2 Å². The Morgan fingerprint density at radius 3 is 2.55 bits per heavy atom. The summed E-state index contributed by atoms with van der Waals surface area (Å²) in [6.45, 7) is 14.9. The minimum absolute atomic E-state index is 0.115. The number of hydrogen-bond donors (Lipinski definition) is 2. The van der Waals surface area contributed by atoms with Gasteiger partial charge >= 0.3 is 6.03 Å². The number of nitrogens with one attached hydrogen (secondary N) is 2. The van der Waals surface area contributed by atoms with E-state index in [9.17, 15) is 17.6 Å². The van der Waals surface area contributed by atoms with Crippen molar-refractivity contribution in [3.8, 4) is 11.1 Å². The maximum atomic E-state index is 14.5. The Bertz CT molecular complexity index is 1410. The number of hydrogen-bond acceptors (Lipinski definition) is 5. The molecule has 0 saturated carbocycles. The van der Waals surface area contributed by atoms with Crippen LogP contribution in [-0.2, 0) is 16.6 Å². The summed E-state index contributed by atoms with van der Waals surface area (Å²) in [7, 11) is -3.92. The van der Waals surface area contributed by atoms with E-state index in [4.69, 9.17) is 6.57 Å². The van der Waals surface area contributed by atoms with Crippen LogP contribution in [0, 0.1) is 12.4 Å². The molecule has 1 heterocycles. The lowest BCUT2D eigenvalue weighted by molar-refractivity contribution is 0.256. The first-order valence-corrected chi connectivity index (χ1v) is 14.0. The van der Waals surface area contributed by atoms with Crippen LogP contribution in [0.2, 0.25) is 0 Å². The van der Waals surface area contributed by atoms with E-state index in [0.717, 1.165) is 12.1 Å². The first kappa shape index (κ1) is 28.8. The molecule has 0 aliphatic carbocycles. The molecule has 2 aromatic carbocycles. The third-order valence-electron chi connectivity index (χ3n) is 6.00. The van der Waals surface area contributed by atoms with Crippen LogP contribution in [0.15, 0.2) is 60.8 Å². The van der Waals surface area contributed by atoms with Crippen molar-refractivity contribution in [1.29, 1.82) is 0 Å². The molecule has 0 atom stereocenters. The summed E-state index contributed by atoms with van der Waals surface area (Å²) in [6.07, 6.45) is 1.77. The highest BCUT2D eigenvalue weighted by Crippen LogP contribution is 2.36. The van der Waals surface area contributed by atoms with E-state index < -0.39 is 21.9 Å². The molecule has 8 nitrogen and oxygen atoms in total. The molecule has 0 aliphatic rings. The number of nitrogens with zero attached hydrogens (tertiary/aromatic N) is 3. The molecule has 2 amide bonds. The van der Waals surface area contributed by atoms with Gasteiger partial charge in [-0.1, -0.05) is 57.7 Å². The molecule has 0 saturated heterocycles. The molecule has 0 unspecified atom stereocenters. The fraction of sp³-hybridized carbons (Fsp3) is 0.321. The Kier molecular flexibility index (Phi) is 9.93. The predicted octanol–water partition coefficient (Wildman–Crippen LogP) is 5.93. The Hall–Kier alpha value is -3.81. The molecule has 1 aromatic heterocycles. The number of urea groups is 1. The third-order valence-corrected chi connectivity index (χ3v) is 7.32. The quantitative estimate of drug-likeness (QED) is 0.296. The fourth-order valence-electron chi connectivity index (χ4n) is 4.10. The normalized spacial score (nSPS) is 11.4. The number of anilines is 1. The van der Waals surface area contributed by atoms with Gasteiger partial charge in [0.15, 0.2) is 0 Å². The van der Waals surface area contributed by atoms with Gasteiger partial charge < -0.3 is 10.2 Å². The lowest BCUT2D eigenvalue weighted by Crippen LogP contribution is -2.37. The molecule has 0 fully saturated rings. The van der Waals surface area contributed by atoms with Gasteiger partial charge in [0.2, 0.25) is 10.0 Å². The number of aromatic nitrogens is 1. The van der Waals surface area contributed by atoms with Crippen LogP contribution < -0.4 is 10.0 Å². The monoisotopic (exact) mass is 537 g/mol. The van der Waals surface area contributed by atoms with Gasteiger partial charge in [-0.2, -0.15) is 0 Å². The average molecular weight is 538 g/mol. The molecule has 2 N–H and O–H groups in total. The second kappa shape index (κ2) is 13.1. The Labute approximate surface area is 223 Å². The number of rotatable bonds is 11. The van der Waals surface area contributed by atoms with E-state index in [1.165, 1.54) is 24.4 Å². The molecule has 0 bridgehead atoms. The minimum atomic E-state index is -3.92. The smallest absolute Gasteiger partial charge is 0.332 e. The number of halogens is 1. The number of amides is 2. The molecule has 0 spiro atoms. The lowest BCUT2D eigenvalue weighted by Gasteiger charge is -2.21. The first-order chi connectivity index (χ1) is 18.1. The molecule has 0 aliphatic heterocycles. The SMILES string of the molecule is [C-]#[N+]c1cc(-c2cc(F)cc(C(C)C)c2NC(=O)NS(=O)(=O)CCCN(CC)Cc2ccccc2)ccn1. The number of sulfonamides is 1. The first-order valence-electron chi connectivity index (χ1n) is 12.4.